The van der Waals surface area contributed by atoms with Crippen LogP contribution in [0.15, 0.2) is 42.5 Å². The number of amides is 2. The van der Waals surface area contributed by atoms with Crippen molar-refractivity contribution in [1.29, 1.82) is 0 Å². The third-order valence-electron chi connectivity index (χ3n) is 6.06. The number of nitrogens with zero attached hydrogens (tertiary/aromatic N) is 5. The van der Waals surface area contributed by atoms with E-state index in [0.29, 0.717) is 11.5 Å². The molecule has 9 heteroatoms. The van der Waals surface area contributed by atoms with Crippen LogP contribution in [0, 0.1) is 13.8 Å². The summed E-state index contributed by atoms with van der Waals surface area (Å²) in [5.41, 5.74) is 3.40. The number of rotatable bonds is 8. The zero-order chi connectivity index (χ0) is 24.1. The van der Waals surface area contributed by atoms with Crippen LogP contribution in [-0.2, 0) is 16.1 Å². The van der Waals surface area contributed by atoms with E-state index >= 15 is 0 Å². The molecule has 0 radical (unpaired) electrons. The molecule has 1 saturated carbocycles. The van der Waals surface area contributed by atoms with Crippen LogP contribution in [0.25, 0.3) is 11.4 Å². The first kappa shape index (κ1) is 23.4. The molecule has 1 aromatic heterocycles. The second kappa shape index (κ2) is 10.5. The summed E-state index contributed by atoms with van der Waals surface area (Å²) in [5, 5.41) is 15.6. The second-order valence-electron chi connectivity index (χ2n) is 8.69. The summed E-state index contributed by atoms with van der Waals surface area (Å²) in [5.74, 6) is 0.694. The van der Waals surface area contributed by atoms with Crippen LogP contribution in [0.3, 0.4) is 0 Å². The van der Waals surface area contributed by atoms with Crippen molar-refractivity contribution in [2.75, 3.05) is 18.6 Å². The quantitative estimate of drug-likeness (QED) is 0.552. The van der Waals surface area contributed by atoms with Crippen LogP contribution in [0.4, 0.5) is 5.69 Å². The van der Waals surface area contributed by atoms with Gasteiger partial charge in [-0.25, -0.2) is 0 Å². The number of hydrogen-bond acceptors (Lipinski definition) is 6. The molecule has 1 aliphatic rings. The molecule has 0 bridgehead atoms. The van der Waals surface area contributed by atoms with Crippen molar-refractivity contribution in [3.63, 3.8) is 0 Å². The largest absolute Gasteiger partial charge is 0.497 e. The van der Waals surface area contributed by atoms with Gasteiger partial charge in [-0.1, -0.05) is 25.0 Å². The van der Waals surface area contributed by atoms with Crippen LogP contribution in [-0.4, -0.2) is 51.7 Å². The molecule has 0 aliphatic heterocycles. The summed E-state index contributed by atoms with van der Waals surface area (Å²) in [7, 11) is 1.60. The smallest absolute Gasteiger partial charge is 0.251 e. The topological polar surface area (TPSA) is 102 Å². The van der Waals surface area contributed by atoms with E-state index in [0.717, 1.165) is 48.1 Å². The monoisotopic (exact) mass is 462 g/mol. The lowest BCUT2D eigenvalue weighted by Crippen LogP contribution is -2.45. The molecule has 1 heterocycles. The van der Waals surface area contributed by atoms with Gasteiger partial charge >= 0.3 is 0 Å². The van der Waals surface area contributed by atoms with Gasteiger partial charge < -0.3 is 15.0 Å². The van der Waals surface area contributed by atoms with E-state index in [1.165, 1.54) is 9.70 Å². The number of nitrogens with one attached hydrogen (secondary N) is 1. The van der Waals surface area contributed by atoms with E-state index in [9.17, 15) is 9.59 Å². The molecular formula is C25H30N6O3. The van der Waals surface area contributed by atoms with Crippen molar-refractivity contribution >= 4 is 17.5 Å². The Kier molecular flexibility index (Phi) is 7.20. The number of hydrogen-bond donors (Lipinski definition) is 1. The number of ether oxygens (including phenoxy) is 1. The number of aryl methyl sites for hydroxylation is 2. The summed E-state index contributed by atoms with van der Waals surface area (Å²) in [6, 6.07) is 13.3. The molecule has 0 saturated heterocycles. The molecule has 3 aromatic rings. The van der Waals surface area contributed by atoms with E-state index in [-0.39, 0.29) is 30.9 Å². The Bertz CT molecular complexity index is 1150. The lowest BCUT2D eigenvalue weighted by Gasteiger charge is -2.25. The average molecular weight is 463 g/mol. The maximum absolute atomic E-state index is 13.4. The van der Waals surface area contributed by atoms with E-state index in [4.69, 9.17) is 4.74 Å². The predicted molar refractivity (Wildman–Crippen MR) is 128 cm³/mol. The van der Waals surface area contributed by atoms with Crippen molar-refractivity contribution < 1.29 is 14.3 Å². The molecule has 9 nitrogen and oxygen atoms in total. The summed E-state index contributed by atoms with van der Waals surface area (Å²) < 4.78 is 5.18. The highest BCUT2D eigenvalue weighted by molar-refractivity contribution is 5.99. The molecule has 0 atom stereocenters. The average Bonchev–Trinajstić information content (AvgIpc) is 3.51. The van der Waals surface area contributed by atoms with Crippen LogP contribution in [0.1, 0.15) is 36.8 Å². The fourth-order valence-corrected chi connectivity index (χ4v) is 4.18. The van der Waals surface area contributed by atoms with E-state index < -0.39 is 0 Å². The molecule has 0 unspecified atom stereocenters. The third-order valence-corrected chi connectivity index (χ3v) is 6.06. The number of anilines is 1. The van der Waals surface area contributed by atoms with Crippen molar-refractivity contribution in [2.45, 2.75) is 52.1 Å². The van der Waals surface area contributed by atoms with Gasteiger partial charge in [0.05, 0.1) is 7.11 Å². The first-order chi connectivity index (χ1) is 16.4. The molecule has 0 spiro atoms. The van der Waals surface area contributed by atoms with Gasteiger partial charge in [0.15, 0.2) is 0 Å². The maximum atomic E-state index is 13.4. The molecule has 1 N–H and O–H groups in total. The summed E-state index contributed by atoms with van der Waals surface area (Å²) in [6.07, 6.45) is 4.22. The molecule has 1 aliphatic carbocycles. The van der Waals surface area contributed by atoms with Gasteiger partial charge in [-0.2, -0.15) is 4.80 Å². The van der Waals surface area contributed by atoms with Gasteiger partial charge in [0.25, 0.3) is 5.91 Å². The van der Waals surface area contributed by atoms with Gasteiger partial charge in [0.2, 0.25) is 11.7 Å². The van der Waals surface area contributed by atoms with Gasteiger partial charge in [0, 0.05) is 17.3 Å². The highest BCUT2D eigenvalue weighted by atomic mass is 16.5. The van der Waals surface area contributed by atoms with E-state index in [1.807, 2.05) is 56.3 Å². The van der Waals surface area contributed by atoms with Crippen molar-refractivity contribution in [2.24, 2.45) is 0 Å². The Morgan fingerprint density at radius 3 is 2.56 bits per heavy atom. The number of carbonyl (C=O) groups is 2. The standard InChI is InChI=1S/C25H30N6O3/c1-17-8-9-18(2)22(14-17)30(15-23(32)26-20-6-4-5-7-20)24(33)16-31-28-25(27-29-31)19-10-12-21(34-3)13-11-19/h8-14,20H,4-7,15-16H2,1-3H3,(H,26,32). The zero-order valence-electron chi connectivity index (χ0n) is 19.8. The van der Waals surface area contributed by atoms with Crippen molar-refractivity contribution in [1.82, 2.24) is 25.5 Å². The number of benzene rings is 2. The molecular weight excluding hydrogens is 432 g/mol. The molecule has 2 aromatic carbocycles. The number of tetrazole rings is 1. The van der Waals surface area contributed by atoms with Gasteiger partial charge in [-0.15, -0.1) is 10.2 Å². The Hall–Kier alpha value is -3.75. The fraction of sp³-hybridized carbons (Fsp3) is 0.400. The van der Waals surface area contributed by atoms with E-state index in [2.05, 4.69) is 20.7 Å². The van der Waals surface area contributed by atoms with Crippen LogP contribution < -0.4 is 15.0 Å². The number of aromatic nitrogens is 4. The van der Waals surface area contributed by atoms with E-state index in [1.54, 1.807) is 7.11 Å². The highest BCUT2D eigenvalue weighted by Gasteiger charge is 2.24. The van der Waals surface area contributed by atoms with Gasteiger partial charge in [0.1, 0.15) is 18.8 Å². The van der Waals surface area contributed by atoms with Crippen LogP contribution in [0.5, 0.6) is 5.75 Å². The van der Waals surface area contributed by atoms with Crippen molar-refractivity contribution in [3.8, 4) is 17.1 Å². The maximum Gasteiger partial charge on any atom is 0.251 e. The highest BCUT2D eigenvalue weighted by Crippen LogP contribution is 2.23. The van der Waals surface area contributed by atoms with Gasteiger partial charge in [-0.05, 0) is 73.4 Å². The first-order valence-electron chi connectivity index (χ1n) is 11.5. The lowest BCUT2D eigenvalue weighted by molar-refractivity contribution is -0.124. The minimum Gasteiger partial charge on any atom is -0.497 e. The normalized spacial score (nSPS) is 13.6. The minimum absolute atomic E-state index is 0.0559. The molecule has 178 valence electrons. The Balaban J connectivity index is 1.52. The zero-order valence-corrected chi connectivity index (χ0v) is 19.8. The predicted octanol–water partition coefficient (Wildman–Crippen LogP) is 3.06. The fourth-order valence-electron chi connectivity index (χ4n) is 4.18. The third kappa shape index (κ3) is 5.59. The first-order valence-corrected chi connectivity index (χ1v) is 11.5. The summed E-state index contributed by atoms with van der Waals surface area (Å²) in [6.45, 7) is 3.70. The van der Waals surface area contributed by atoms with Crippen LogP contribution in [0.2, 0.25) is 0 Å². The Morgan fingerprint density at radius 1 is 1.12 bits per heavy atom. The summed E-state index contributed by atoms with van der Waals surface area (Å²) >= 11 is 0. The Labute approximate surface area is 199 Å². The van der Waals surface area contributed by atoms with Gasteiger partial charge in [-0.3, -0.25) is 9.59 Å². The van der Waals surface area contributed by atoms with Crippen molar-refractivity contribution in [3.05, 3.63) is 53.6 Å². The lowest BCUT2D eigenvalue weighted by atomic mass is 10.1. The number of methoxy groups -OCH3 is 1. The Morgan fingerprint density at radius 2 is 1.85 bits per heavy atom. The SMILES string of the molecule is COc1ccc(-c2nnn(CC(=O)N(CC(=O)NC3CCCC3)c3cc(C)ccc3C)n2)cc1. The van der Waals surface area contributed by atoms with Crippen LogP contribution >= 0.6 is 0 Å². The minimum atomic E-state index is -0.283. The molecule has 34 heavy (non-hydrogen) atoms. The summed E-state index contributed by atoms with van der Waals surface area (Å²) in [4.78, 5) is 29.0. The number of carbonyl (C=O) groups excluding carboxylic acids is 2. The molecule has 2 amide bonds. The molecule has 4 rings (SSSR count). The molecule has 1 fully saturated rings. The second-order valence-corrected chi connectivity index (χ2v) is 8.69.